The molecule has 6 nitrogen and oxygen atoms in total. The fourth-order valence-electron chi connectivity index (χ4n) is 3.60. The third-order valence-electron chi connectivity index (χ3n) is 4.99. The van der Waals surface area contributed by atoms with Gasteiger partial charge in [-0.25, -0.2) is 0 Å². The van der Waals surface area contributed by atoms with Gasteiger partial charge >= 0.3 is 0 Å². The highest BCUT2D eigenvalue weighted by molar-refractivity contribution is 5.78. The summed E-state index contributed by atoms with van der Waals surface area (Å²) < 4.78 is 7.87. The van der Waals surface area contributed by atoms with Crippen LogP contribution in [0.1, 0.15) is 44.8 Å². The fourth-order valence-corrected chi connectivity index (χ4v) is 3.60. The van der Waals surface area contributed by atoms with Gasteiger partial charge in [0.25, 0.3) is 0 Å². The molecule has 2 aliphatic heterocycles. The highest BCUT2D eigenvalue weighted by Crippen LogP contribution is 2.34. The predicted octanol–water partition coefficient (Wildman–Crippen LogP) is 2.03. The molecule has 0 spiro atoms. The summed E-state index contributed by atoms with van der Waals surface area (Å²) >= 11 is 0. The second kappa shape index (κ2) is 7.34. The Bertz CT molecular complexity index is 541. The van der Waals surface area contributed by atoms with Crippen molar-refractivity contribution in [3.63, 3.8) is 0 Å². The van der Waals surface area contributed by atoms with E-state index in [0.717, 1.165) is 44.8 Å². The Balaban J connectivity index is 1.60. The molecule has 1 unspecified atom stereocenters. The van der Waals surface area contributed by atoms with Crippen molar-refractivity contribution < 1.29 is 4.74 Å². The van der Waals surface area contributed by atoms with Crippen LogP contribution >= 0.6 is 0 Å². The first kappa shape index (κ1) is 16.3. The van der Waals surface area contributed by atoms with E-state index in [1.807, 2.05) is 10.9 Å². The van der Waals surface area contributed by atoms with E-state index in [1.54, 1.807) is 0 Å². The van der Waals surface area contributed by atoms with E-state index < -0.39 is 0 Å². The molecule has 3 atom stereocenters. The molecular weight excluding hydrogens is 290 g/mol. The molecule has 3 heterocycles. The normalized spacial score (nSPS) is 29.2. The molecule has 23 heavy (non-hydrogen) atoms. The van der Waals surface area contributed by atoms with E-state index in [4.69, 9.17) is 10.5 Å². The minimum Gasteiger partial charge on any atom is -0.373 e. The minimum absolute atomic E-state index is 0.104. The molecule has 2 saturated heterocycles. The number of hydrogen-bond donors (Lipinski definition) is 1. The van der Waals surface area contributed by atoms with Gasteiger partial charge in [0.05, 0.1) is 12.3 Å². The molecule has 0 aliphatic carbocycles. The highest BCUT2D eigenvalue weighted by Gasteiger charge is 2.30. The Morgan fingerprint density at radius 3 is 3.09 bits per heavy atom. The van der Waals surface area contributed by atoms with Crippen molar-refractivity contribution in [1.82, 2.24) is 14.7 Å². The number of nitrogens with two attached hydrogens (primary N) is 1. The van der Waals surface area contributed by atoms with Gasteiger partial charge in [-0.3, -0.25) is 9.67 Å². The molecule has 2 aliphatic rings. The van der Waals surface area contributed by atoms with Crippen LogP contribution in [0.3, 0.4) is 0 Å². The van der Waals surface area contributed by atoms with E-state index in [2.05, 4.69) is 35.0 Å². The average molecular weight is 319 g/mol. The zero-order valence-electron chi connectivity index (χ0n) is 14.3. The van der Waals surface area contributed by atoms with Crippen LogP contribution in [-0.2, 0) is 11.3 Å². The van der Waals surface area contributed by atoms with Crippen molar-refractivity contribution in [1.29, 1.82) is 0 Å². The first-order valence-corrected chi connectivity index (χ1v) is 8.86. The topological polar surface area (TPSA) is 68.7 Å². The summed E-state index contributed by atoms with van der Waals surface area (Å²) in [6.07, 6.45) is 7.66. The van der Waals surface area contributed by atoms with Gasteiger partial charge in [-0.1, -0.05) is 6.92 Å². The maximum absolute atomic E-state index is 6.22. The summed E-state index contributed by atoms with van der Waals surface area (Å²) in [5.41, 5.74) is 7.38. The zero-order valence-corrected chi connectivity index (χ0v) is 14.3. The molecule has 1 aromatic rings. The van der Waals surface area contributed by atoms with Crippen molar-refractivity contribution in [2.75, 3.05) is 26.2 Å². The molecule has 3 rings (SSSR count). The quantitative estimate of drug-likeness (QED) is 0.681. The number of piperidine rings is 1. The Morgan fingerprint density at radius 1 is 1.48 bits per heavy atom. The Hall–Kier alpha value is -1.56. The lowest BCUT2D eigenvalue weighted by molar-refractivity contribution is 0.0924. The van der Waals surface area contributed by atoms with Crippen LogP contribution in [0.4, 0.5) is 0 Å². The molecule has 2 fully saturated rings. The van der Waals surface area contributed by atoms with Gasteiger partial charge in [-0.2, -0.15) is 5.10 Å². The molecule has 6 heteroatoms. The SMILES string of the molecule is CCn1cc([C@@H]2OCC[C@H]2CN=C(N)N2CCCC(C)C2)cn1. The van der Waals surface area contributed by atoms with E-state index in [-0.39, 0.29) is 6.10 Å². The third kappa shape index (κ3) is 3.86. The number of likely N-dealkylation sites (tertiary alicyclic amines) is 1. The van der Waals surface area contributed by atoms with Gasteiger partial charge in [-0.05, 0) is 32.1 Å². The van der Waals surface area contributed by atoms with Crippen molar-refractivity contribution >= 4 is 5.96 Å². The van der Waals surface area contributed by atoms with Crippen LogP contribution in [-0.4, -0.2) is 46.9 Å². The van der Waals surface area contributed by atoms with Crippen molar-refractivity contribution in [3.05, 3.63) is 18.0 Å². The van der Waals surface area contributed by atoms with Crippen LogP contribution in [0.25, 0.3) is 0 Å². The largest absolute Gasteiger partial charge is 0.373 e. The van der Waals surface area contributed by atoms with E-state index in [1.165, 1.54) is 12.8 Å². The molecule has 0 aromatic carbocycles. The number of aliphatic imine (C=N–C) groups is 1. The predicted molar refractivity (Wildman–Crippen MR) is 91.2 cm³/mol. The third-order valence-corrected chi connectivity index (χ3v) is 4.99. The van der Waals surface area contributed by atoms with Crippen LogP contribution in [0.5, 0.6) is 0 Å². The summed E-state index contributed by atoms with van der Waals surface area (Å²) in [6.45, 7) is 8.86. The Labute approximate surface area is 138 Å². The number of guanidine groups is 1. The minimum atomic E-state index is 0.104. The smallest absolute Gasteiger partial charge is 0.191 e. The molecular formula is C17H29N5O. The van der Waals surface area contributed by atoms with E-state index in [9.17, 15) is 0 Å². The van der Waals surface area contributed by atoms with Crippen LogP contribution in [0, 0.1) is 11.8 Å². The summed E-state index contributed by atoms with van der Waals surface area (Å²) in [5, 5.41) is 4.36. The van der Waals surface area contributed by atoms with E-state index >= 15 is 0 Å². The lowest BCUT2D eigenvalue weighted by Gasteiger charge is -2.31. The van der Waals surface area contributed by atoms with Gasteiger partial charge in [-0.15, -0.1) is 0 Å². The summed E-state index contributed by atoms with van der Waals surface area (Å²) in [7, 11) is 0. The Kier molecular flexibility index (Phi) is 5.20. The second-order valence-corrected chi connectivity index (χ2v) is 6.86. The number of nitrogens with zero attached hydrogens (tertiary/aromatic N) is 4. The maximum atomic E-state index is 6.22. The number of ether oxygens (including phenoxy) is 1. The molecule has 0 saturated carbocycles. The van der Waals surface area contributed by atoms with Crippen molar-refractivity contribution in [3.8, 4) is 0 Å². The van der Waals surface area contributed by atoms with Crippen molar-refractivity contribution in [2.24, 2.45) is 22.6 Å². The van der Waals surface area contributed by atoms with Crippen LogP contribution < -0.4 is 5.73 Å². The number of aromatic nitrogens is 2. The maximum Gasteiger partial charge on any atom is 0.191 e. The molecule has 0 bridgehead atoms. The lowest BCUT2D eigenvalue weighted by Crippen LogP contribution is -2.43. The standard InChI is InChI=1S/C17H29N5O/c1-3-22-12-15(10-20-22)16-14(6-8-23-16)9-19-17(18)21-7-4-5-13(2)11-21/h10,12-14,16H,3-9,11H2,1-2H3,(H2,18,19)/t13?,14-,16+/m0/s1. The van der Waals surface area contributed by atoms with Gasteiger partial charge in [0, 0.05) is 50.5 Å². The number of hydrogen-bond acceptors (Lipinski definition) is 3. The second-order valence-electron chi connectivity index (χ2n) is 6.86. The van der Waals surface area contributed by atoms with Gasteiger partial charge in [0.1, 0.15) is 0 Å². The highest BCUT2D eigenvalue weighted by atomic mass is 16.5. The zero-order chi connectivity index (χ0) is 16.2. The average Bonchev–Trinajstić information content (AvgIpc) is 3.21. The fraction of sp³-hybridized carbons (Fsp3) is 0.765. The molecule has 0 amide bonds. The van der Waals surface area contributed by atoms with Crippen molar-refractivity contribution in [2.45, 2.75) is 45.8 Å². The molecule has 1 aromatic heterocycles. The van der Waals surface area contributed by atoms with Gasteiger partial charge in [0.2, 0.25) is 0 Å². The van der Waals surface area contributed by atoms with Gasteiger partial charge < -0.3 is 15.4 Å². The number of aryl methyl sites for hydroxylation is 1. The lowest BCUT2D eigenvalue weighted by atomic mass is 9.97. The monoisotopic (exact) mass is 319 g/mol. The summed E-state index contributed by atoms with van der Waals surface area (Å²) in [6, 6.07) is 0. The number of rotatable bonds is 4. The summed E-state index contributed by atoms with van der Waals surface area (Å²) in [4.78, 5) is 6.91. The van der Waals surface area contributed by atoms with Crippen LogP contribution in [0.2, 0.25) is 0 Å². The molecule has 0 radical (unpaired) electrons. The molecule has 128 valence electrons. The first-order chi connectivity index (χ1) is 11.2. The Morgan fingerprint density at radius 2 is 2.35 bits per heavy atom. The summed E-state index contributed by atoms with van der Waals surface area (Å²) in [5.74, 6) is 1.80. The van der Waals surface area contributed by atoms with Gasteiger partial charge in [0.15, 0.2) is 5.96 Å². The van der Waals surface area contributed by atoms with Crippen LogP contribution in [0.15, 0.2) is 17.4 Å². The first-order valence-electron chi connectivity index (χ1n) is 8.86. The van der Waals surface area contributed by atoms with E-state index in [0.29, 0.717) is 17.8 Å². The molecule has 2 N–H and O–H groups in total.